The van der Waals surface area contributed by atoms with E-state index < -0.39 is 10.7 Å². The van der Waals surface area contributed by atoms with Crippen molar-refractivity contribution in [3.63, 3.8) is 0 Å². The smallest absolute Gasteiger partial charge is 0.144 e. The van der Waals surface area contributed by atoms with Crippen LogP contribution in [-0.2, 0) is 27.7 Å². The van der Waals surface area contributed by atoms with Crippen LogP contribution in [0.2, 0.25) is 0 Å². The van der Waals surface area contributed by atoms with E-state index >= 15 is 0 Å². The summed E-state index contributed by atoms with van der Waals surface area (Å²) in [6, 6.07) is 5.84. The Labute approximate surface area is 117 Å². The van der Waals surface area contributed by atoms with Crippen LogP contribution in [0.5, 0.6) is 0 Å². The maximum Gasteiger partial charge on any atom is 0.144 e. The first-order chi connectivity index (χ1) is 8.65. The molecule has 1 saturated heterocycles. The summed E-state index contributed by atoms with van der Waals surface area (Å²) in [5.74, 6) is 0.106. The van der Waals surface area contributed by atoms with Gasteiger partial charge < -0.3 is 4.74 Å². The summed E-state index contributed by atoms with van der Waals surface area (Å²) in [4.78, 5) is 2.29. The molecule has 2 rings (SSSR count). The minimum Gasteiger partial charge on any atom is -0.379 e. The number of nitrogens with zero attached hydrogens (tertiary/aromatic N) is 1. The van der Waals surface area contributed by atoms with Gasteiger partial charge in [-0.25, -0.2) is 8.42 Å². The number of thiol groups is 1. The van der Waals surface area contributed by atoms with Gasteiger partial charge >= 0.3 is 0 Å². The first-order valence-electron chi connectivity index (χ1n) is 5.84. The van der Waals surface area contributed by atoms with E-state index in [1.807, 2.05) is 18.2 Å². The highest BCUT2D eigenvalue weighted by molar-refractivity contribution is 9.10. The van der Waals surface area contributed by atoms with Crippen LogP contribution < -0.4 is 0 Å². The fourth-order valence-electron chi connectivity index (χ4n) is 2.04. The molecule has 1 heterocycles. The highest BCUT2D eigenvalue weighted by Crippen LogP contribution is 2.19. The second kappa shape index (κ2) is 6.65. The lowest BCUT2D eigenvalue weighted by Crippen LogP contribution is -2.35. The van der Waals surface area contributed by atoms with Crippen LogP contribution in [0.1, 0.15) is 11.1 Å². The summed E-state index contributed by atoms with van der Waals surface area (Å²) < 4.78 is 28.0. The second-order valence-corrected chi connectivity index (χ2v) is 6.19. The minimum absolute atomic E-state index is 0.106. The van der Waals surface area contributed by atoms with Crippen LogP contribution in [0.3, 0.4) is 0 Å². The normalized spacial score (nSPS) is 17.2. The highest BCUT2D eigenvalue weighted by atomic mass is 79.9. The Kier molecular flexibility index (Phi) is 5.17. The number of morpholine rings is 1. The van der Waals surface area contributed by atoms with Crippen molar-refractivity contribution in [3.8, 4) is 0 Å². The van der Waals surface area contributed by atoms with Crippen LogP contribution in [0.25, 0.3) is 0 Å². The summed E-state index contributed by atoms with van der Waals surface area (Å²) in [5.41, 5.74) is 1.96. The molecule has 1 aromatic carbocycles. The Balaban J connectivity index is 2.14. The average molecular weight is 334 g/mol. The largest absolute Gasteiger partial charge is 0.379 e. The van der Waals surface area contributed by atoms with E-state index in [0.29, 0.717) is 0 Å². The zero-order chi connectivity index (χ0) is 13.0. The van der Waals surface area contributed by atoms with Crippen molar-refractivity contribution in [1.29, 1.82) is 0 Å². The maximum absolute atomic E-state index is 10.9. The maximum atomic E-state index is 10.9. The molecule has 6 heteroatoms. The van der Waals surface area contributed by atoms with Crippen LogP contribution in [0.4, 0.5) is 0 Å². The summed E-state index contributed by atoms with van der Waals surface area (Å²) in [6.07, 6.45) is 0. The Morgan fingerprint density at radius 3 is 2.61 bits per heavy atom. The number of halogens is 1. The lowest BCUT2D eigenvalue weighted by molar-refractivity contribution is 0.0341. The fourth-order valence-corrected chi connectivity index (χ4v) is 3.02. The molecule has 0 aliphatic carbocycles. The summed E-state index contributed by atoms with van der Waals surface area (Å²) in [5, 5.41) is 0. The molecule has 0 unspecified atom stereocenters. The van der Waals surface area contributed by atoms with Gasteiger partial charge in [0.2, 0.25) is 0 Å². The van der Waals surface area contributed by atoms with Gasteiger partial charge in [-0.1, -0.05) is 22.0 Å². The van der Waals surface area contributed by atoms with Gasteiger partial charge in [0.05, 0.1) is 19.0 Å². The number of benzene rings is 1. The van der Waals surface area contributed by atoms with Crippen molar-refractivity contribution >= 4 is 26.6 Å². The molecule has 0 spiro atoms. The van der Waals surface area contributed by atoms with Crippen LogP contribution in [0, 0.1) is 0 Å². The lowest BCUT2D eigenvalue weighted by atomic mass is 10.1. The Bertz CT molecular complexity index is 476. The molecule has 0 atom stereocenters. The van der Waals surface area contributed by atoms with Crippen molar-refractivity contribution < 1.29 is 13.2 Å². The quantitative estimate of drug-likeness (QED) is 0.846. The van der Waals surface area contributed by atoms with Crippen LogP contribution >= 0.6 is 15.9 Å². The SMILES string of the molecule is O=[SH](=O)Cc1cc(Br)ccc1CN1CCOCC1. The molecule has 0 radical (unpaired) electrons. The number of hydrogen-bond acceptors (Lipinski definition) is 4. The predicted molar refractivity (Wildman–Crippen MR) is 74.3 cm³/mol. The fraction of sp³-hybridized carbons (Fsp3) is 0.500. The second-order valence-electron chi connectivity index (χ2n) is 4.29. The molecule has 0 bridgehead atoms. The van der Waals surface area contributed by atoms with Gasteiger partial charge in [-0.05, 0) is 23.3 Å². The average Bonchev–Trinajstić information content (AvgIpc) is 2.33. The topological polar surface area (TPSA) is 46.6 Å². The Morgan fingerprint density at radius 2 is 1.94 bits per heavy atom. The van der Waals surface area contributed by atoms with E-state index in [1.165, 1.54) is 0 Å². The van der Waals surface area contributed by atoms with Gasteiger partial charge in [0.1, 0.15) is 10.7 Å². The van der Waals surface area contributed by atoms with Gasteiger partial charge in [0, 0.05) is 24.1 Å². The van der Waals surface area contributed by atoms with Crippen LogP contribution in [0.15, 0.2) is 22.7 Å². The molecular weight excluding hydrogens is 318 g/mol. The van der Waals surface area contributed by atoms with Gasteiger partial charge in [0.25, 0.3) is 0 Å². The van der Waals surface area contributed by atoms with E-state index in [2.05, 4.69) is 20.8 Å². The van der Waals surface area contributed by atoms with E-state index in [4.69, 9.17) is 4.74 Å². The van der Waals surface area contributed by atoms with Gasteiger partial charge in [0.15, 0.2) is 0 Å². The summed E-state index contributed by atoms with van der Waals surface area (Å²) >= 11 is 3.38. The lowest BCUT2D eigenvalue weighted by Gasteiger charge is -2.27. The molecule has 0 aromatic heterocycles. The van der Waals surface area contributed by atoms with E-state index in [0.717, 1.165) is 48.4 Å². The van der Waals surface area contributed by atoms with E-state index in [-0.39, 0.29) is 5.75 Å². The predicted octanol–water partition coefficient (Wildman–Crippen LogP) is 1.39. The van der Waals surface area contributed by atoms with E-state index in [9.17, 15) is 8.42 Å². The molecule has 100 valence electrons. The highest BCUT2D eigenvalue weighted by Gasteiger charge is 2.13. The first kappa shape index (κ1) is 14.0. The molecule has 0 saturated carbocycles. The number of ether oxygens (including phenoxy) is 1. The third kappa shape index (κ3) is 4.05. The Morgan fingerprint density at radius 1 is 1.22 bits per heavy atom. The molecule has 0 N–H and O–H groups in total. The molecule has 0 amide bonds. The van der Waals surface area contributed by atoms with E-state index in [1.54, 1.807) is 0 Å². The monoisotopic (exact) mass is 333 g/mol. The molecule has 18 heavy (non-hydrogen) atoms. The van der Waals surface area contributed by atoms with Gasteiger partial charge in [-0.3, -0.25) is 4.90 Å². The molecule has 1 aromatic rings. The third-order valence-electron chi connectivity index (χ3n) is 2.97. The molecule has 1 aliphatic heterocycles. The first-order valence-corrected chi connectivity index (χ1v) is 8.00. The van der Waals surface area contributed by atoms with Crippen molar-refractivity contribution in [2.24, 2.45) is 0 Å². The molecule has 1 aliphatic rings. The number of rotatable bonds is 4. The third-order valence-corrected chi connectivity index (χ3v) is 4.06. The van der Waals surface area contributed by atoms with Crippen molar-refractivity contribution in [3.05, 3.63) is 33.8 Å². The van der Waals surface area contributed by atoms with Crippen molar-refractivity contribution in [2.45, 2.75) is 12.3 Å². The Hall–Kier alpha value is -0.430. The summed E-state index contributed by atoms with van der Waals surface area (Å²) in [6.45, 7) is 4.09. The standard InChI is InChI=1S/C12H16BrNO3S/c13-12-2-1-10(11(7-12)9-18(15)16)8-14-3-5-17-6-4-14/h1-2,7,18H,3-6,8-9H2. The zero-order valence-corrected chi connectivity index (χ0v) is 12.5. The van der Waals surface area contributed by atoms with Gasteiger partial charge in [-0.2, -0.15) is 0 Å². The van der Waals surface area contributed by atoms with Crippen molar-refractivity contribution in [1.82, 2.24) is 4.90 Å². The summed E-state index contributed by atoms with van der Waals surface area (Å²) in [7, 11) is -2.39. The van der Waals surface area contributed by atoms with Crippen molar-refractivity contribution in [2.75, 3.05) is 26.3 Å². The minimum atomic E-state index is -2.39. The zero-order valence-electron chi connectivity index (χ0n) is 9.97. The van der Waals surface area contributed by atoms with Gasteiger partial charge in [-0.15, -0.1) is 0 Å². The molecular formula is C12H16BrNO3S. The number of hydrogen-bond donors (Lipinski definition) is 1. The molecule has 4 nitrogen and oxygen atoms in total. The molecule has 1 fully saturated rings. The van der Waals surface area contributed by atoms with Crippen LogP contribution in [-0.4, -0.2) is 39.6 Å².